The van der Waals surface area contributed by atoms with Crippen molar-refractivity contribution >= 4 is 18.4 Å². The van der Waals surface area contributed by atoms with Gasteiger partial charge in [0.25, 0.3) is 0 Å². The Bertz CT molecular complexity index is 278. The molecule has 1 rings (SSSR count). The third kappa shape index (κ3) is 6.95. The molecule has 0 aromatic heterocycles. The van der Waals surface area contributed by atoms with Crippen LogP contribution in [0.2, 0.25) is 13.3 Å². The Labute approximate surface area is 144 Å². The SMILES string of the molecule is CCC[CH2][Sn]([CH2]CCC)([CH2]CCC)[CH]1CC/C=C\CC(C)O1. The molecule has 0 aromatic carbocycles. The van der Waals surface area contributed by atoms with Gasteiger partial charge in [-0.15, -0.1) is 0 Å². The van der Waals surface area contributed by atoms with Gasteiger partial charge in [0.1, 0.15) is 0 Å². The fourth-order valence-corrected chi connectivity index (χ4v) is 21.6. The number of hydrogen-bond acceptors (Lipinski definition) is 1. The Kier molecular flexibility index (Phi) is 11.2. The molecule has 22 heavy (non-hydrogen) atoms. The van der Waals surface area contributed by atoms with Gasteiger partial charge in [-0.25, -0.2) is 0 Å². The zero-order valence-electron chi connectivity index (χ0n) is 15.7. The molecule has 0 amide bonds. The van der Waals surface area contributed by atoms with Gasteiger partial charge in [-0.2, -0.15) is 0 Å². The second kappa shape index (κ2) is 11.9. The van der Waals surface area contributed by atoms with E-state index in [-0.39, 0.29) is 0 Å². The average Bonchev–Trinajstić information content (AvgIpc) is 2.50. The molecule has 0 radical (unpaired) electrons. The van der Waals surface area contributed by atoms with E-state index in [1.807, 2.05) is 0 Å². The van der Waals surface area contributed by atoms with Crippen LogP contribution < -0.4 is 0 Å². The van der Waals surface area contributed by atoms with Crippen LogP contribution in [-0.4, -0.2) is 28.6 Å². The standard InChI is InChI=1S/C8H13O.3C4H9.Sn/c1-8-6-4-2-3-5-7-9-8;3*1-3-4-2;/h2,4,7-8H,3,5-6H2,1H3;3*1,3-4H2,2H3;/b4-2-;;;;. The van der Waals surface area contributed by atoms with Gasteiger partial charge in [-0.1, -0.05) is 0 Å². The van der Waals surface area contributed by atoms with Crippen LogP contribution in [0.25, 0.3) is 0 Å². The van der Waals surface area contributed by atoms with Gasteiger partial charge >= 0.3 is 144 Å². The fraction of sp³-hybridized carbons (Fsp3) is 0.900. The summed E-state index contributed by atoms with van der Waals surface area (Å²) in [6.07, 6.45) is 17.3. The van der Waals surface area contributed by atoms with Crippen LogP contribution in [0, 0.1) is 0 Å². The van der Waals surface area contributed by atoms with E-state index in [1.165, 1.54) is 51.4 Å². The van der Waals surface area contributed by atoms with E-state index in [4.69, 9.17) is 4.74 Å². The number of allylic oxidation sites excluding steroid dienone is 1. The van der Waals surface area contributed by atoms with Crippen LogP contribution in [-0.2, 0) is 4.74 Å². The van der Waals surface area contributed by atoms with Gasteiger partial charge in [-0.05, 0) is 0 Å². The molecule has 1 nitrogen and oxygen atoms in total. The van der Waals surface area contributed by atoms with Crippen LogP contribution in [0.3, 0.4) is 0 Å². The molecular formula is C20H40OSn. The van der Waals surface area contributed by atoms with Gasteiger partial charge in [0.2, 0.25) is 0 Å². The van der Waals surface area contributed by atoms with E-state index in [2.05, 4.69) is 39.8 Å². The van der Waals surface area contributed by atoms with E-state index in [1.54, 1.807) is 13.3 Å². The van der Waals surface area contributed by atoms with E-state index in [0.717, 1.165) is 6.42 Å². The molecule has 1 aliphatic rings. The first-order chi connectivity index (χ1) is 10.7. The van der Waals surface area contributed by atoms with E-state index in [9.17, 15) is 0 Å². The van der Waals surface area contributed by atoms with E-state index in [0.29, 0.717) is 10.2 Å². The average molecular weight is 415 g/mol. The zero-order valence-corrected chi connectivity index (χ0v) is 18.6. The van der Waals surface area contributed by atoms with Crippen LogP contribution >= 0.6 is 0 Å². The Balaban J connectivity index is 2.92. The third-order valence-electron chi connectivity index (χ3n) is 5.39. The first-order valence-corrected chi connectivity index (χ1v) is 17.7. The molecule has 0 aromatic rings. The number of hydrogen-bond donors (Lipinski definition) is 0. The number of ether oxygens (including phenoxy) is 1. The molecule has 0 saturated carbocycles. The molecule has 2 heteroatoms. The summed E-state index contributed by atoms with van der Waals surface area (Å²) in [7, 11) is 0. The molecule has 2 atom stereocenters. The van der Waals surface area contributed by atoms with Gasteiger partial charge in [0.05, 0.1) is 0 Å². The first-order valence-electron chi connectivity index (χ1n) is 9.99. The van der Waals surface area contributed by atoms with E-state index < -0.39 is 18.4 Å². The predicted molar refractivity (Wildman–Crippen MR) is 102 cm³/mol. The molecular weight excluding hydrogens is 375 g/mol. The Morgan fingerprint density at radius 1 is 0.909 bits per heavy atom. The summed E-state index contributed by atoms with van der Waals surface area (Å²) < 4.78 is 12.1. The van der Waals surface area contributed by atoms with Crippen LogP contribution in [0.1, 0.15) is 85.5 Å². The summed E-state index contributed by atoms with van der Waals surface area (Å²) in [4.78, 5) is 0. The molecule has 2 unspecified atom stereocenters. The molecule has 0 fully saturated rings. The van der Waals surface area contributed by atoms with Crippen molar-refractivity contribution in [3.63, 3.8) is 0 Å². The maximum absolute atomic E-state index is 6.69. The van der Waals surface area contributed by atoms with Crippen LogP contribution in [0.5, 0.6) is 0 Å². The minimum atomic E-state index is -2.20. The Morgan fingerprint density at radius 3 is 1.95 bits per heavy atom. The third-order valence-corrected chi connectivity index (χ3v) is 22.1. The van der Waals surface area contributed by atoms with Crippen LogP contribution in [0.15, 0.2) is 12.2 Å². The van der Waals surface area contributed by atoms with Crippen molar-refractivity contribution in [2.75, 3.05) is 0 Å². The molecule has 130 valence electrons. The van der Waals surface area contributed by atoms with Crippen molar-refractivity contribution in [2.24, 2.45) is 0 Å². The van der Waals surface area contributed by atoms with Gasteiger partial charge in [-0.3, -0.25) is 0 Å². The number of unbranched alkanes of at least 4 members (excludes halogenated alkanes) is 3. The van der Waals surface area contributed by atoms with E-state index >= 15 is 0 Å². The minimum absolute atomic E-state index is 0.433. The summed E-state index contributed by atoms with van der Waals surface area (Å²) in [5.41, 5.74) is 0. The molecule has 0 spiro atoms. The zero-order chi connectivity index (χ0) is 16.3. The van der Waals surface area contributed by atoms with Gasteiger partial charge in [0, 0.05) is 0 Å². The van der Waals surface area contributed by atoms with Crippen molar-refractivity contribution in [2.45, 2.75) is 109 Å². The van der Waals surface area contributed by atoms with Crippen molar-refractivity contribution in [3.05, 3.63) is 12.2 Å². The Hall–Kier alpha value is 0.499. The molecule has 0 saturated heterocycles. The summed E-state index contributed by atoms with van der Waals surface area (Å²) in [5, 5.41) is 0. The fourth-order valence-electron chi connectivity index (χ4n) is 3.95. The quantitative estimate of drug-likeness (QED) is 0.279. The van der Waals surface area contributed by atoms with Gasteiger partial charge < -0.3 is 0 Å². The van der Waals surface area contributed by atoms with Crippen molar-refractivity contribution in [1.29, 1.82) is 0 Å². The van der Waals surface area contributed by atoms with Crippen LogP contribution in [0.4, 0.5) is 0 Å². The summed E-state index contributed by atoms with van der Waals surface area (Å²) >= 11 is -2.20. The molecule has 0 N–H and O–H groups in total. The molecule has 1 aliphatic heterocycles. The second-order valence-corrected chi connectivity index (χ2v) is 21.3. The summed E-state index contributed by atoms with van der Waals surface area (Å²) in [6.45, 7) is 9.38. The van der Waals surface area contributed by atoms with Crippen molar-refractivity contribution in [3.8, 4) is 0 Å². The molecule has 0 bridgehead atoms. The first kappa shape index (κ1) is 20.5. The normalized spacial score (nSPS) is 24.7. The topological polar surface area (TPSA) is 9.23 Å². The summed E-state index contributed by atoms with van der Waals surface area (Å²) in [6, 6.07) is 0. The number of rotatable bonds is 10. The molecule has 1 heterocycles. The predicted octanol–water partition coefficient (Wildman–Crippen LogP) is 6.89. The van der Waals surface area contributed by atoms with Crippen molar-refractivity contribution in [1.82, 2.24) is 0 Å². The second-order valence-electron chi connectivity index (χ2n) is 7.39. The van der Waals surface area contributed by atoms with Gasteiger partial charge in [0.15, 0.2) is 0 Å². The Morgan fingerprint density at radius 2 is 1.45 bits per heavy atom. The summed E-state index contributed by atoms with van der Waals surface area (Å²) in [5.74, 6) is 0. The monoisotopic (exact) mass is 416 g/mol. The maximum atomic E-state index is 6.69. The van der Waals surface area contributed by atoms with Crippen molar-refractivity contribution < 1.29 is 4.74 Å². The molecule has 0 aliphatic carbocycles.